The quantitative estimate of drug-likeness (QED) is 0.641. The fourth-order valence-electron chi connectivity index (χ4n) is 1.62. The predicted octanol–water partition coefficient (Wildman–Crippen LogP) is 2.77. The smallest absolute Gasteiger partial charge is 0.263 e. The molecule has 0 bridgehead atoms. The number of hydrogen-bond acceptors (Lipinski definition) is 5. The van der Waals surface area contributed by atoms with E-state index < -0.39 is 21.6 Å². The van der Waals surface area contributed by atoms with Crippen LogP contribution in [-0.4, -0.2) is 14.1 Å². The molecule has 0 saturated heterocycles. The maximum absolute atomic E-state index is 13.6. The van der Waals surface area contributed by atoms with E-state index in [1.807, 2.05) is 0 Å². The Bertz CT molecular complexity index is 853. The molecule has 7 heteroatoms. The Hall–Kier alpha value is -2.72. The highest BCUT2D eigenvalue weighted by Crippen LogP contribution is 2.15. The summed E-state index contributed by atoms with van der Waals surface area (Å²) in [6.07, 6.45) is 0. The van der Waals surface area contributed by atoms with Crippen LogP contribution in [0.1, 0.15) is 11.1 Å². The summed E-state index contributed by atoms with van der Waals surface area (Å²) in [4.78, 5) is -0.104. The summed E-state index contributed by atoms with van der Waals surface area (Å²) in [5.74, 6) is -0.695. The number of nitriles is 1. The Morgan fingerprint density at radius 2 is 1.82 bits per heavy atom. The molecular weight excluding hydrogens is 307 g/mol. The average Bonchev–Trinajstić information content (AvgIpc) is 2.50. The second-order valence-corrected chi connectivity index (χ2v) is 5.90. The average molecular weight is 318 g/mol. The molecule has 0 spiro atoms. The standard InChI is InChI=1S/C15H11FN2O3S/c1-11-6-8-12(9-7-11)22(19,20)21-18-15(10-17)13-4-2-3-5-14(13)16/h2-9H,1H3/b18-15+. The minimum absolute atomic E-state index is 0.104. The van der Waals surface area contributed by atoms with Gasteiger partial charge in [-0.25, -0.2) is 4.39 Å². The second kappa shape index (κ2) is 6.37. The zero-order valence-corrected chi connectivity index (χ0v) is 12.3. The molecule has 112 valence electrons. The lowest BCUT2D eigenvalue weighted by Crippen LogP contribution is -2.07. The molecule has 5 nitrogen and oxygen atoms in total. The molecule has 0 amide bonds. The molecule has 0 aliphatic heterocycles. The maximum atomic E-state index is 13.6. The van der Waals surface area contributed by atoms with E-state index in [1.54, 1.807) is 25.1 Å². The van der Waals surface area contributed by atoms with E-state index >= 15 is 0 Å². The Balaban J connectivity index is 2.31. The normalized spacial score (nSPS) is 11.8. The van der Waals surface area contributed by atoms with Crippen molar-refractivity contribution in [2.24, 2.45) is 5.16 Å². The van der Waals surface area contributed by atoms with Gasteiger partial charge in [-0.15, -0.1) is 0 Å². The van der Waals surface area contributed by atoms with Crippen molar-refractivity contribution in [2.45, 2.75) is 11.8 Å². The molecule has 2 rings (SSSR count). The lowest BCUT2D eigenvalue weighted by Gasteiger charge is -2.03. The first-order valence-electron chi connectivity index (χ1n) is 6.17. The molecule has 2 aromatic carbocycles. The Morgan fingerprint density at radius 3 is 2.41 bits per heavy atom. The third kappa shape index (κ3) is 3.48. The van der Waals surface area contributed by atoms with Gasteiger partial charge in [-0.1, -0.05) is 35.0 Å². The number of rotatable bonds is 4. The van der Waals surface area contributed by atoms with E-state index in [9.17, 15) is 12.8 Å². The molecule has 0 aliphatic carbocycles. The van der Waals surface area contributed by atoms with Crippen LogP contribution >= 0.6 is 0 Å². The van der Waals surface area contributed by atoms with E-state index in [0.29, 0.717) is 0 Å². The second-order valence-electron chi connectivity index (χ2n) is 4.37. The molecule has 0 fully saturated rings. The van der Waals surface area contributed by atoms with Gasteiger partial charge in [-0.3, -0.25) is 4.28 Å². The molecule has 0 aliphatic rings. The Labute approximate surface area is 127 Å². The van der Waals surface area contributed by atoms with Gasteiger partial charge in [0.15, 0.2) is 5.71 Å². The first kappa shape index (κ1) is 15.7. The van der Waals surface area contributed by atoms with Gasteiger partial charge in [0, 0.05) is 0 Å². The van der Waals surface area contributed by atoms with E-state index in [1.165, 1.54) is 30.3 Å². The van der Waals surface area contributed by atoms with Crippen molar-refractivity contribution in [3.8, 4) is 6.07 Å². The summed E-state index contributed by atoms with van der Waals surface area (Å²) in [5, 5.41) is 12.3. The van der Waals surface area contributed by atoms with Gasteiger partial charge in [0.1, 0.15) is 16.8 Å². The van der Waals surface area contributed by atoms with Gasteiger partial charge in [0.25, 0.3) is 0 Å². The van der Waals surface area contributed by atoms with Crippen LogP contribution in [0.4, 0.5) is 4.39 Å². The molecule has 0 heterocycles. The highest BCUT2D eigenvalue weighted by atomic mass is 32.2. The van der Waals surface area contributed by atoms with Crippen LogP contribution in [0.15, 0.2) is 58.6 Å². The van der Waals surface area contributed by atoms with Crippen LogP contribution in [0.25, 0.3) is 0 Å². The number of oxime groups is 1. The van der Waals surface area contributed by atoms with E-state index in [4.69, 9.17) is 5.26 Å². The number of aryl methyl sites for hydroxylation is 1. The number of halogens is 1. The molecule has 22 heavy (non-hydrogen) atoms. The minimum atomic E-state index is -4.16. The maximum Gasteiger partial charge on any atom is 0.358 e. The fourth-order valence-corrected chi connectivity index (χ4v) is 2.35. The molecule has 2 aromatic rings. The van der Waals surface area contributed by atoms with Crippen molar-refractivity contribution >= 4 is 15.8 Å². The van der Waals surface area contributed by atoms with Gasteiger partial charge >= 0.3 is 10.1 Å². The highest BCUT2D eigenvalue weighted by molar-refractivity contribution is 7.86. The fraction of sp³-hybridized carbons (Fsp3) is 0.0667. The van der Waals surface area contributed by atoms with E-state index in [-0.39, 0.29) is 10.5 Å². The summed E-state index contributed by atoms with van der Waals surface area (Å²) in [6.45, 7) is 1.81. The van der Waals surface area contributed by atoms with Crippen LogP contribution in [0.3, 0.4) is 0 Å². The van der Waals surface area contributed by atoms with Crippen molar-refractivity contribution in [1.29, 1.82) is 5.26 Å². The van der Waals surface area contributed by atoms with Gasteiger partial charge in [-0.2, -0.15) is 13.7 Å². The summed E-state index contributed by atoms with van der Waals surface area (Å²) in [5.41, 5.74) is 0.282. The zero-order valence-electron chi connectivity index (χ0n) is 11.5. The van der Waals surface area contributed by atoms with E-state index in [2.05, 4.69) is 9.44 Å². The third-order valence-electron chi connectivity index (χ3n) is 2.77. The molecule has 0 aromatic heterocycles. The first-order chi connectivity index (χ1) is 10.4. The van der Waals surface area contributed by atoms with Crippen LogP contribution in [-0.2, 0) is 14.4 Å². The number of benzene rings is 2. The van der Waals surface area contributed by atoms with Gasteiger partial charge in [0.2, 0.25) is 0 Å². The largest absolute Gasteiger partial charge is 0.358 e. The summed E-state index contributed by atoms with van der Waals surface area (Å²) in [7, 11) is -4.16. The highest BCUT2D eigenvalue weighted by Gasteiger charge is 2.17. The van der Waals surface area contributed by atoms with E-state index in [0.717, 1.165) is 11.6 Å². The van der Waals surface area contributed by atoms with Crippen molar-refractivity contribution in [2.75, 3.05) is 0 Å². The molecule has 0 atom stereocenters. The SMILES string of the molecule is Cc1ccc(S(=O)(=O)O/N=C(\C#N)c2ccccc2F)cc1. The zero-order chi connectivity index (χ0) is 16.2. The van der Waals surface area contributed by atoms with Crippen LogP contribution < -0.4 is 0 Å². The monoisotopic (exact) mass is 318 g/mol. The Morgan fingerprint density at radius 1 is 1.18 bits per heavy atom. The minimum Gasteiger partial charge on any atom is -0.263 e. The Kier molecular flexibility index (Phi) is 4.53. The summed E-state index contributed by atoms with van der Waals surface area (Å²) in [6, 6.07) is 12.9. The first-order valence-corrected chi connectivity index (χ1v) is 7.58. The van der Waals surface area contributed by atoms with Gasteiger partial charge in [-0.05, 0) is 31.2 Å². The van der Waals surface area contributed by atoms with Crippen LogP contribution in [0, 0.1) is 24.1 Å². The summed E-state index contributed by atoms with van der Waals surface area (Å²) < 4.78 is 42.0. The topological polar surface area (TPSA) is 79.5 Å². The van der Waals surface area contributed by atoms with Gasteiger partial charge in [0.05, 0.1) is 5.56 Å². The lowest BCUT2D eigenvalue weighted by atomic mass is 10.1. The number of nitrogens with zero attached hydrogens (tertiary/aromatic N) is 2. The van der Waals surface area contributed by atoms with Crippen molar-refractivity contribution in [3.05, 3.63) is 65.5 Å². The van der Waals surface area contributed by atoms with Crippen LogP contribution in [0.2, 0.25) is 0 Å². The van der Waals surface area contributed by atoms with Crippen LogP contribution in [0.5, 0.6) is 0 Å². The predicted molar refractivity (Wildman–Crippen MR) is 78.0 cm³/mol. The lowest BCUT2D eigenvalue weighted by molar-refractivity contribution is 0.339. The van der Waals surface area contributed by atoms with Gasteiger partial charge < -0.3 is 0 Å². The van der Waals surface area contributed by atoms with Crippen molar-refractivity contribution in [3.63, 3.8) is 0 Å². The third-order valence-corrected chi connectivity index (χ3v) is 3.89. The summed E-state index contributed by atoms with van der Waals surface area (Å²) >= 11 is 0. The molecule has 0 N–H and O–H groups in total. The van der Waals surface area contributed by atoms with Crippen molar-refractivity contribution < 1.29 is 17.1 Å². The molecule has 0 radical (unpaired) electrons. The molecule has 0 saturated carbocycles. The molecular formula is C15H11FN2O3S. The number of hydrogen-bond donors (Lipinski definition) is 0. The van der Waals surface area contributed by atoms with Crippen molar-refractivity contribution in [1.82, 2.24) is 0 Å². The molecule has 0 unspecified atom stereocenters.